The van der Waals surface area contributed by atoms with Gasteiger partial charge in [0.1, 0.15) is 0 Å². The van der Waals surface area contributed by atoms with Gasteiger partial charge in [-0.2, -0.15) is 5.10 Å². The fourth-order valence-electron chi connectivity index (χ4n) is 3.13. The van der Waals surface area contributed by atoms with Crippen LogP contribution in [0.2, 0.25) is 0 Å². The predicted octanol–water partition coefficient (Wildman–Crippen LogP) is 2.43. The summed E-state index contributed by atoms with van der Waals surface area (Å²) >= 11 is 0. The lowest BCUT2D eigenvalue weighted by atomic mass is 9.94. The molecule has 1 aromatic rings. The molecule has 0 amide bonds. The molecule has 112 valence electrons. The fraction of sp³-hybridized carbons (Fsp3) is 0.800. The number of nitrogens with zero attached hydrogens (tertiary/aromatic N) is 2. The molecule has 5 nitrogen and oxygen atoms in total. The molecule has 0 radical (unpaired) electrons. The monoisotopic (exact) mass is 279 g/mol. The molecule has 0 aromatic carbocycles. The van der Waals surface area contributed by atoms with Crippen molar-refractivity contribution in [2.75, 3.05) is 18.5 Å². The van der Waals surface area contributed by atoms with Gasteiger partial charge in [0.15, 0.2) is 0 Å². The summed E-state index contributed by atoms with van der Waals surface area (Å²) in [6.07, 6.45) is 8.75. The minimum Gasteiger partial charge on any atom is -0.380 e. The van der Waals surface area contributed by atoms with Crippen LogP contribution in [0.15, 0.2) is 12.4 Å². The van der Waals surface area contributed by atoms with Crippen LogP contribution in [0, 0.1) is 0 Å². The smallest absolute Gasteiger partial charge is 0.0771 e. The summed E-state index contributed by atoms with van der Waals surface area (Å²) in [5, 5.41) is 8.00. The lowest BCUT2D eigenvalue weighted by molar-refractivity contribution is -0.0553. The summed E-state index contributed by atoms with van der Waals surface area (Å²) in [6.45, 7) is 6.90. The Morgan fingerprint density at radius 3 is 3.05 bits per heavy atom. The molecule has 3 rings (SSSR count). The first-order valence-corrected chi connectivity index (χ1v) is 7.65. The molecule has 20 heavy (non-hydrogen) atoms. The van der Waals surface area contributed by atoms with Crippen molar-refractivity contribution in [3.05, 3.63) is 12.4 Å². The van der Waals surface area contributed by atoms with Crippen LogP contribution in [0.5, 0.6) is 0 Å². The molecule has 2 unspecified atom stereocenters. The van der Waals surface area contributed by atoms with Crippen molar-refractivity contribution >= 4 is 5.69 Å². The Kier molecular flexibility index (Phi) is 3.98. The van der Waals surface area contributed by atoms with E-state index in [1.54, 1.807) is 0 Å². The number of hydrogen-bond donors (Lipinski definition) is 1. The minimum atomic E-state index is -0.0242. The van der Waals surface area contributed by atoms with E-state index in [-0.39, 0.29) is 5.60 Å². The Balaban J connectivity index is 1.54. The average Bonchev–Trinajstić information content (AvgIpc) is 3.01. The van der Waals surface area contributed by atoms with Crippen molar-refractivity contribution in [1.82, 2.24) is 9.78 Å². The van der Waals surface area contributed by atoms with Crippen LogP contribution in [-0.4, -0.2) is 40.7 Å². The van der Waals surface area contributed by atoms with E-state index < -0.39 is 0 Å². The molecule has 3 heterocycles. The molecular weight excluding hydrogens is 254 g/mol. The van der Waals surface area contributed by atoms with Crippen LogP contribution in [-0.2, 0) is 16.0 Å². The van der Waals surface area contributed by atoms with Gasteiger partial charge in [0, 0.05) is 25.5 Å². The molecule has 0 aliphatic carbocycles. The second kappa shape index (κ2) is 5.74. The van der Waals surface area contributed by atoms with E-state index in [9.17, 15) is 0 Å². The van der Waals surface area contributed by atoms with Crippen LogP contribution in [0.1, 0.15) is 39.5 Å². The highest BCUT2D eigenvalue weighted by atomic mass is 16.5. The zero-order valence-electron chi connectivity index (χ0n) is 12.5. The molecule has 2 fully saturated rings. The van der Waals surface area contributed by atoms with E-state index in [0.717, 1.165) is 44.7 Å². The molecule has 0 bridgehead atoms. The predicted molar refractivity (Wildman–Crippen MR) is 77.9 cm³/mol. The standard InChI is InChI=1S/C15H25N3O2/c1-15(2)8-12(5-7-20-15)17-13-9-16-18(10-13)11-14-4-3-6-19-14/h9-10,12,14,17H,3-8,11H2,1-2H3. The number of nitrogens with one attached hydrogen (secondary N) is 1. The van der Waals surface area contributed by atoms with E-state index >= 15 is 0 Å². The van der Waals surface area contributed by atoms with Crippen molar-refractivity contribution in [2.24, 2.45) is 0 Å². The highest BCUT2D eigenvalue weighted by Crippen LogP contribution is 2.26. The zero-order valence-corrected chi connectivity index (χ0v) is 12.5. The summed E-state index contributed by atoms with van der Waals surface area (Å²) in [5.74, 6) is 0. The lowest BCUT2D eigenvalue weighted by Gasteiger charge is -2.36. The van der Waals surface area contributed by atoms with Crippen LogP contribution in [0.3, 0.4) is 0 Å². The third-order valence-electron chi connectivity index (χ3n) is 4.12. The van der Waals surface area contributed by atoms with Crippen LogP contribution in [0.4, 0.5) is 5.69 Å². The van der Waals surface area contributed by atoms with Gasteiger partial charge in [0.25, 0.3) is 0 Å². The third kappa shape index (κ3) is 3.52. The van der Waals surface area contributed by atoms with Crippen molar-refractivity contribution < 1.29 is 9.47 Å². The molecule has 2 aliphatic rings. The van der Waals surface area contributed by atoms with Gasteiger partial charge in [-0.15, -0.1) is 0 Å². The maximum Gasteiger partial charge on any atom is 0.0771 e. The van der Waals surface area contributed by atoms with E-state index in [1.807, 2.05) is 10.9 Å². The second-order valence-electron chi connectivity index (χ2n) is 6.53. The average molecular weight is 279 g/mol. The van der Waals surface area contributed by atoms with Crippen molar-refractivity contribution in [3.8, 4) is 0 Å². The number of aromatic nitrogens is 2. The maximum atomic E-state index is 5.75. The fourth-order valence-corrected chi connectivity index (χ4v) is 3.13. The molecular formula is C15H25N3O2. The summed E-state index contributed by atoms with van der Waals surface area (Å²) in [5.41, 5.74) is 1.08. The zero-order chi connectivity index (χ0) is 14.0. The van der Waals surface area contributed by atoms with Gasteiger partial charge in [-0.05, 0) is 39.5 Å². The van der Waals surface area contributed by atoms with Crippen LogP contribution < -0.4 is 5.32 Å². The van der Waals surface area contributed by atoms with Crippen molar-refractivity contribution in [2.45, 2.75) is 63.8 Å². The molecule has 0 spiro atoms. The normalized spacial score (nSPS) is 29.5. The van der Waals surface area contributed by atoms with Gasteiger partial charge < -0.3 is 14.8 Å². The molecule has 2 atom stereocenters. The number of anilines is 1. The highest BCUT2D eigenvalue weighted by Gasteiger charge is 2.28. The minimum absolute atomic E-state index is 0.0242. The van der Waals surface area contributed by atoms with Gasteiger partial charge in [-0.1, -0.05) is 0 Å². The summed E-state index contributed by atoms with van der Waals surface area (Å²) in [6, 6.07) is 0.471. The quantitative estimate of drug-likeness (QED) is 0.919. The molecule has 2 aliphatic heterocycles. The SMILES string of the molecule is CC1(C)CC(Nc2cnn(CC3CCCO3)c2)CCO1. The first kappa shape index (κ1) is 13.9. The largest absolute Gasteiger partial charge is 0.380 e. The Hall–Kier alpha value is -1.07. The van der Waals surface area contributed by atoms with Gasteiger partial charge in [0.2, 0.25) is 0 Å². The van der Waals surface area contributed by atoms with Gasteiger partial charge in [-0.25, -0.2) is 0 Å². The number of hydrogen-bond acceptors (Lipinski definition) is 4. The number of ether oxygens (including phenoxy) is 2. The highest BCUT2D eigenvalue weighted by molar-refractivity contribution is 5.39. The summed E-state index contributed by atoms with van der Waals surface area (Å²) in [7, 11) is 0. The third-order valence-corrected chi connectivity index (χ3v) is 4.12. The van der Waals surface area contributed by atoms with E-state index in [2.05, 4.69) is 30.5 Å². The Morgan fingerprint density at radius 1 is 1.40 bits per heavy atom. The Bertz CT molecular complexity index is 438. The van der Waals surface area contributed by atoms with Crippen LogP contribution in [0.25, 0.3) is 0 Å². The van der Waals surface area contributed by atoms with Crippen molar-refractivity contribution in [1.29, 1.82) is 0 Å². The molecule has 0 saturated carbocycles. The number of rotatable bonds is 4. The maximum absolute atomic E-state index is 5.75. The van der Waals surface area contributed by atoms with E-state index in [1.165, 1.54) is 6.42 Å². The first-order valence-electron chi connectivity index (χ1n) is 7.65. The lowest BCUT2D eigenvalue weighted by Crippen LogP contribution is -2.40. The first-order chi connectivity index (χ1) is 9.61. The molecule has 1 N–H and O–H groups in total. The molecule has 2 saturated heterocycles. The summed E-state index contributed by atoms with van der Waals surface area (Å²) in [4.78, 5) is 0. The van der Waals surface area contributed by atoms with E-state index in [4.69, 9.17) is 9.47 Å². The van der Waals surface area contributed by atoms with Gasteiger partial charge in [0.05, 0.1) is 30.1 Å². The molecule has 5 heteroatoms. The van der Waals surface area contributed by atoms with E-state index in [0.29, 0.717) is 12.1 Å². The van der Waals surface area contributed by atoms with Gasteiger partial charge in [-0.3, -0.25) is 4.68 Å². The Morgan fingerprint density at radius 2 is 2.30 bits per heavy atom. The second-order valence-corrected chi connectivity index (χ2v) is 6.53. The van der Waals surface area contributed by atoms with Gasteiger partial charge >= 0.3 is 0 Å². The molecule has 1 aromatic heterocycles. The topological polar surface area (TPSA) is 48.3 Å². The Labute approximate surface area is 120 Å². The van der Waals surface area contributed by atoms with Crippen LogP contribution >= 0.6 is 0 Å². The van der Waals surface area contributed by atoms with Crippen molar-refractivity contribution in [3.63, 3.8) is 0 Å². The summed E-state index contributed by atoms with van der Waals surface area (Å²) < 4.78 is 13.4.